The van der Waals surface area contributed by atoms with E-state index >= 15 is 0 Å². The van der Waals surface area contributed by atoms with Gasteiger partial charge in [0.15, 0.2) is 11.6 Å². The van der Waals surface area contributed by atoms with Crippen LogP contribution in [0.15, 0.2) is 46.5 Å². The van der Waals surface area contributed by atoms with Gasteiger partial charge in [0.1, 0.15) is 11.5 Å². The summed E-state index contributed by atoms with van der Waals surface area (Å²) in [5.74, 6) is -4.03. The molecule has 2 aliphatic carbocycles. The Hall–Kier alpha value is -2.14. The van der Waals surface area contributed by atoms with E-state index in [2.05, 4.69) is 6.58 Å². The van der Waals surface area contributed by atoms with Crippen molar-refractivity contribution in [2.24, 2.45) is 23.7 Å². The van der Waals surface area contributed by atoms with Crippen molar-refractivity contribution in [2.45, 2.75) is 66.4 Å². The summed E-state index contributed by atoms with van der Waals surface area (Å²) in [6.45, 7) is 14.7. The summed E-state index contributed by atoms with van der Waals surface area (Å²) in [6, 6.07) is 0. The summed E-state index contributed by atoms with van der Waals surface area (Å²) in [5, 5.41) is 32.7. The molecule has 29 heavy (non-hydrogen) atoms. The van der Waals surface area contributed by atoms with Crippen LogP contribution in [0.4, 0.5) is 0 Å². The third kappa shape index (κ3) is 4.25. The first-order valence-electron chi connectivity index (χ1n) is 10.3. The quantitative estimate of drug-likeness (QED) is 0.267. The minimum Gasteiger partial charge on any atom is -0.511 e. The lowest BCUT2D eigenvalue weighted by Crippen LogP contribution is -2.43. The van der Waals surface area contributed by atoms with Crippen molar-refractivity contribution in [1.82, 2.24) is 0 Å². The number of hydrogen-bond donors (Lipinski definition) is 3. The molecular formula is C24H34O5. The van der Waals surface area contributed by atoms with Gasteiger partial charge in [-0.05, 0) is 52.9 Å². The Morgan fingerprint density at radius 2 is 1.83 bits per heavy atom. The average Bonchev–Trinajstić information content (AvgIpc) is 2.90. The van der Waals surface area contributed by atoms with E-state index in [9.17, 15) is 24.9 Å². The fraction of sp³-hybridized carbons (Fsp3) is 0.583. The van der Waals surface area contributed by atoms with Crippen molar-refractivity contribution in [1.29, 1.82) is 0 Å². The Balaban J connectivity index is 2.77. The van der Waals surface area contributed by atoms with Crippen LogP contribution in [-0.4, -0.2) is 32.5 Å². The number of aliphatic hydroxyl groups excluding tert-OH is 2. The van der Waals surface area contributed by atoms with Gasteiger partial charge in [-0.3, -0.25) is 9.59 Å². The van der Waals surface area contributed by atoms with Crippen LogP contribution in [0.1, 0.15) is 60.8 Å². The number of aliphatic hydroxyl groups is 3. The van der Waals surface area contributed by atoms with Crippen LogP contribution >= 0.6 is 0 Å². The standard InChI is InChI=1S/C24H34O5/c1-12(2)8-9-16-21(26)17(19-15(13(3)4)10-11-24(19,7)29)23(28)18(22(16)27)20(25)14(5)6/h8,14-16,19,25,28-29H,3,9-11H2,1-2,4-7H3/b20-18-/t15?,16?,19-,24-/m0/s1. The summed E-state index contributed by atoms with van der Waals surface area (Å²) in [7, 11) is 0. The van der Waals surface area contributed by atoms with E-state index < -0.39 is 40.7 Å². The maximum absolute atomic E-state index is 13.4. The zero-order chi connectivity index (χ0) is 22.3. The maximum atomic E-state index is 13.4. The molecule has 0 spiro atoms. The molecule has 0 aromatic rings. The topological polar surface area (TPSA) is 94.8 Å². The second-order valence-electron chi connectivity index (χ2n) is 9.30. The minimum atomic E-state index is -1.22. The number of hydrogen-bond acceptors (Lipinski definition) is 5. The molecule has 0 radical (unpaired) electrons. The fourth-order valence-corrected chi connectivity index (χ4v) is 4.50. The van der Waals surface area contributed by atoms with Crippen LogP contribution in [0.5, 0.6) is 0 Å². The smallest absolute Gasteiger partial charge is 0.181 e. The van der Waals surface area contributed by atoms with Crippen LogP contribution < -0.4 is 0 Å². The summed E-state index contributed by atoms with van der Waals surface area (Å²) >= 11 is 0. The monoisotopic (exact) mass is 402 g/mol. The Bertz CT molecular complexity index is 818. The molecular weight excluding hydrogens is 368 g/mol. The van der Waals surface area contributed by atoms with Gasteiger partial charge in [0.05, 0.1) is 17.1 Å². The predicted octanol–water partition coefficient (Wildman–Crippen LogP) is 4.74. The molecule has 2 unspecified atom stereocenters. The number of ketones is 2. The molecule has 2 aliphatic rings. The molecule has 0 bridgehead atoms. The van der Waals surface area contributed by atoms with Crippen molar-refractivity contribution >= 4 is 11.6 Å². The average molecular weight is 403 g/mol. The molecule has 1 saturated carbocycles. The van der Waals surface area contributed by atoms with Crippen LogP contribution in [0.3, 0.4) is 0 Å². The van der Waals surface area contributed by atoms with Crippen molar-refractivity contribution < 1.29 is 24.9 Å². The zero-order valence-electron chi connectivity index (χ0n) is 18.4. The second-order valence-corrected chi connectivity index (χ2v) is 9.30. The van der Waals surface area contributed by atoms with E-state index in [1.165, 1.54) is 0 Å². The van der Waals surface area contributed by atoms with E-state index in [1.54, 1.807) is 20.8 Å². The first-order chi connectivity index (χ1) is 13.3. The van der Waals surface area contributed by atoms with E-state index in [1.807, 2.05) is 26.8 Å². The third-order valence-electron chi connectivity index (χ3n) is 6.18. The van der Waals surface area contributed by atoms with Crippen molar-refractivity contribution in [3.63, 3.8) is 0 Å². The number of carbonyl (C=O) groups is 2. The molecule has 4 atom stereocenters. The van der Waals surface area contributed by atoms with Gasteiger partial charge in [-0.15, -0.1) is 0 Å². The van der Waals surface area contributed by atoms with Crippen molar-refractivity contribution in [3.05, 3.63) is 46.5 Å². The number of allylic oxidation sites excluding steroid dienone is 5. The van der Waals surface area contributed by atoms with E-state index in [-0.39, 0.29) is 29.2 Å². The van der Waals surface area contributed by atoms with Gasteiger partial charge in [0.2, 0.25) is 0 Å². The second kappa shape index (κ2) is 8.31. The first-order valence-corrected chi connectivity index (χ1v) is 10.3. The lowest BCUT2D eigenvalue weighted by molar-refractivity contribution is -0.130. The zero-order valence-corrected chi connectivity index (χ0v) is 18.4. The van der Waals surface area contributed by atoms with Gasteiger partial charge in [-0.1, -0.05) is 37.6 Å². The van der Waals surface area contributed by atoms with E-state index in [4.69, 9.17) is 0 Å². The first kappa shape index (κ1) is 23.1. The largest absolute Gasteiger partial charge is 0.511 e. The van der Waals surface area contributed by atoms with E-state index in [0.717, 1.165) is 11.1 Å². The van der Waals surface area contributed by atoms with Gasteiger partial charge in [-0.25, -0.2) is 0 Å². The van der Waals surface area contributed by atoms with Gasteiger partial charge in [0, 0.05) is 17.4 Å². The summed E-state index contributed by atoms with van der Waals surface area (Å²) in [6.07, 6.45) is 3.10. The molecule has 0 heterocycles. The number of carbonyl (C=O) groups excluding carboxylic acids is 2. The number of rotatable bonds is 5. The maximum Gasteiger partial charge on any atom is 0.181 e. The Kier molecular flexibility index (Phi) is 6.63. The predicted molar refractivity (Wildman–Crippen MR) is 113 cm³/mol. The van der Waals surface area contributed by atoms with Crippen LogP contribution in [0.25, 0.3) is 0 Å². The highest BCUT2D eigenvalue weighted by Gasteiger charge is 2.53. The third-order valence-corrected chi connectivity index (χ3v) is 6.18. The van der Waals surface area contributed by atoms with Gasteiger partial charge in [0.25, 0.3) is 0 Å². The highest BCUT2D eigenvalue weighted by Crippen LogP contribution is 2.50. The van der Waals surface area contributed by atoms with Crippen LogP contribution in [-0.2, 0) is 9.59 Å². The van der Waals surface area contributed by atoms with Crippen LogP contribution in [0, 0.1) is 23.7 Å². The van der Waals surface area contributed by atoms with Crippen molar-refractivity contribution in [3.8, 4) is 0 Å². The van der Waals surface area contributed by atoms with Crippen molar-refractivity contribution in [2.75, 3.05) is 0 Å². The molecule has 1 fully saturated rings. The molecule has 2 rings (SSSR count). The van der Waals surface area contributed by atoms with Gasteiger partial charge in [-0.2, -0.15) is 0 Å². The summed E-state index contributed by atoms with van der Waals surface area (Å²) in [5.41, 5.74) is 0.427. The lowest BCUT2D eigenvalue weighted by Gasteiger charge is -2.36. The van der Waals surface area contributed by atoms with E-state index in [0.29, 0.717) is 12.8 Å². The normalized spacial score (nSPS) is 32.1. The van der Waals surface area contributed by atoms with Crippen LogP contribution in [0.2, 0.25) is 0 Å². The molecule has 0 saturated heterocycles. The molecule has 0 aromatic heterocycles. The lowest BCUT2D eigenvalue weighted by atomic mass is 9.69. The van der Waals surface area contributed by atoms with Gasteiger partial charge >= 0.3 is 0 Å². The fourth-order valence-electron chi connectivity index (χ4n) is 4.50. The highest BCUT2D eigenvalue weighted by atomic mass is 16.3. The Morgan fingerprint density at radius 1 is 1.24 bits per heavy atom. The highest BCUT2D eigenvalue weighted by molar-refractivity contribution is 6.21. The van der Waals surface area contributed by atoms with Gasteiger partial charge < -0.3 is 15.3 Å². The Labute approximate surface area is 173 Å². The molecule has 160 valence electrons. The summed E-state index contributed by atoms with van der Waals surface area (Å²) in [4.78, 5) is 26.5. The molecule has 0 aromatic carbocycles. The molecule has 5 nitrogen and oxygen atoms in total. The molecule has 0 aliphatic heterocycles. The Morgan fingerprint density at radius 3 is 2.31 bits per heavy atom. The molecule has 5 heteroatoms. The summed E-state index contributed by atoms with van der Waals surface area (Å²) < 4.78 is 0. The SMILES string of the molecule is C=C(C)C1CC[C@](C)(O)[C@@H]1C1=C(O)/C(=C(\O)C(C)C)C(=O)C(CC=C(C)C)C1=O. The minimum absolute atomic E-state index is 0.0504. The molecule has 0 amide bonds. The number of Topliss-reactive ketones (excluding diaryl/α,β-unsaturated/α-hetero) is 2. The molecule has 3 N–H and O–H groups in total.